The van der Waals surface area contributed by atoms with E-state index in [1.54, 1.807) is 12.2 Å². The maximum atomic E-state index is 5.37. The lowest BCUT2D eigenvalue weighted by Gasteiger charge is -2.02. The third kappa shape index (κ3) is 5.93. The van der Waals surface area contributed by atoms with E-state index >= 15 is 0 Å². The van der Waals surface area contributed by atoms with Gasteiger partial charge in [0.1, 0.15) is 0 Å². The number of benzene rings is 2. The molecule has 2 aromatic carbocycles. The van der Waals surface area contributed by atoms with Gasteiger partial charge < -0.3 is 22.9 Å². The molecule has 8 nitrogen and oxygen atoms in total. The van der Waals surface area contributed by atoms with E-state index in [0.717, 1.165) is 11.1 Å². The van der Waals surface area contributed by atoms with E-state index in [-0.39, 0.29) is 11.9 Å². The Kier molecular flexibility index (Phi) is 6.64. The quantitative estimate of drug-likeness (QED) is 0.348. The summed E-state index contributed by atoms with van der Waals surface area (Å²) in [5.74, 6) is -0.270. The molecule has 0 aliphatic rings. The summed E-state index contributed by atoms with van der Waals surface area (Å²) < 4.78 is 0. The van der Waals surface area contributed by atoms with E-state index < -0.39 is 0 Å². The van der Waals surface area contributed by atoms with Crippen molar-refractivity contribution in [2.24, 2.45) is 43.3 Å². The highest BCUT2D eigenvalue weighted by Gasteiger charge is 2.03. The summed E-state index contributed by atoms with van der Waals surface area (Å²) in [5, 5.41) is 15.6. The largest absolute Gasteiger partial charge is 0.369 e. The van der Waals surface area contributed by atoms with Crippen LogP contribution >= 0.6 is 0 Å². The molecule has 0 aliphatic heterocycles. The van der Waals surface area contributed by atoms with Crippen LogP contribution in [0.2, 0.25) is 0 Å². The summed E-state index contributed by atoms with van der Waals surface area (Å²) in [6, 6.07) is 18.9. The second-order valence-electron chi connectivity index (χ2n) is 5.09. The minimum absolute atomic E-state index is 0.135. The lowest BCUT2D eigenvalue weighted by Crippen LogP contribution is -2.22. The van der Waals surface area contributed by atoms with Gasteiger partial charge in [-0.05, 0) is 12.2 Å². The molecule has 0 bridgehead atoms. The molecular formula is C18H20N8. The SMILES string of the molecule is NC(N)=N/N=C(/C=C/C(=N/N=C(N)N)c1ccccc1)c1ccccc1. The summed E-state index contributed by atoms with van der Waals surface area (Å²) >= 11 is 0. The Morgan fingerprint density at radius 1 is 0.538 bits per heavy atom. The molecule has 2 aromatic rings. The molecule has 2 rings (SSSR count). The molecule has 0 saturated carbocycles. The summed E-state index contributed by atoms with van der Waals surface area (Å²) in [7, 11) is 0. The van der Waals surface area contributed by atoms with Crippen molar-refractivity contribution >= 4 is 23.3 Å². The third-order valence-electron chi connectivity index (χ3n) is 3.08. The molecule has 0 atom stereocenters. The molecule has 26 heavy (non-hydrogen) atoms. The van der Waals surface area contributed by atoms with Crippen LogP contribution in [0.4, 0.5) is 0 Å². The number of rotatable bonds is 6. The summed E-state index contributed by atoms with van der Waals surface area (Å²) in [6.45, 7) is 0. The number of allylic oxidation sites excluding steroid dienone is 2. The van der Waals surface area contributed by atoms with E-state index in [2.05, 4.69) is 20.4 Å². The fourth-order valence-electron chi connectivity index (χ4n) is 1.97. The van der Waals surface area contributed by atoms with Crippen molar-refractivity contribution in [3.63, 3.8) is 0 Å². The number of hydrogen-bond acceptors (Lipinski definition) is 4. The second kappa shape index (κ2) is 9.38. The normalized spacial score (nSPS) is 12.0. The van der Waals surface area contributed by atoms with Crippen molar-refractivity contribution < 1.29 is 0 Å². The maximum Gasteiger partial charge on any atom is 0.211 e. The van der Waals surface area contributed by atoms with Gasteiger partial charge in [0.15, 0.2) is 0 Å². The predicted molar refractivity (Wildman–Crippen MR) is 107 cm³/mol. The van der Waals surface area contributed by atoms with Crippen molar-refractivity contribution in [2.75, 3.05) is 0 Å². The second-order valence-corrected chi connectivity index (χ2v) is 5.09. The first-order valence-electron chi connectivity index (χ1n) is 7.68. The number of hydrogen-bond donors (Lipinski definition) is 4. The molecule has 0 unspecified atom stereocenters. The van der Waals surface area contributed by atoms with Gasteiger partial charge in [0.2, 0.25) is 11.9 Å². The zero-order valence-electron chi connectivity index (χ0n) is 14.0. The van der Waals surface area contributed by atoms with Crippen molar-refractivity contribution in [1.82, 2.24) is 0 Å². The molecule has 0 amide bonds. The average molecular weight is 348 g/mol. The van der Waals surface area contributed by atoms with Crippen molar-refractivity contribution in [1.29, 1.82) is 0 Å². The average Bonchev–Trinajstić information content (AvgIpc) is 2.65. The Morgan fingerprint density at radius 2 is 0.885 bits per heavy atom. The smallest absolute Gasteiger partial charge is 0.211 e. The number of guanidine groups is 2. The van der Waals surface area contributed by atoms with Crippen LogP contribution in [0, 0.1) is 0 Å². The molecule has 0 aromatic heterocycles. The minimum atomic E-state index is -0.135. The Bertz CT molecular complexity index is 783. The van der Waals surface area contributed by atoms with Crippen LogP contribution in [0.5, 0.6) is 0 Å². The van der Waals surface area contributed by atoms with Gasteiger partial charge in [-0.1, -0.05) is 60.7 Å². The molecule has 0 spiro atoms. The van der Waals surface area contributed by atoms with E-state index in [1.807, 2.05) is 60.7 Å². The predicted octanol–water partition coefficient (Wildman–Crippen LogP) is 0.898. The van der Waals surface area contributed by atoms with Crippen molar-refractivity contribution in [3.8, 4) is 0 Å². The zero-order chi connectivity index (χ0) is 18.8. The summed E-state index contributed by atoms with van der Waals surface area (Å²) in [4.78, 5) is 0. The van der Waals surface area contributed by atoms with E-state index in [0.29, 0.717) is 11.4 Å². The minimum Gasteiger partial charge on any atom is -0.369 e. The van der Waals surface area contributed by atoms with Gasteiger partial charge in [-0.3, -0.25) is 0 Å². The van der Waals surface area contributed by atoms with E-state index in [9.17, 15) is 0 Å². The van der Waals surface area contributed by atoms with E-state index in [1.165, 1.54) is 0 Å². The van der Waals surface area contributed by atoms with Gasteiger partial charge in [0.25, 0.3) is 0 Å². The number of nitrogens with two attached hydrogens (primary N) is 4. The molecule has 132 valence electrons. The molecule has 8 N–H and O–H groups in total. The maximum absolute atomic E-state index is 5.37. The molecular weight excluding hydrogens is 328 g/mol. The highest BCUT2D eigenvalue weighted by atomic mass is 15.3. The van der Waals surface area contributed by atoms with Gasteiger partial charge in [0.05, 0.1) is 11.4 Å². The van der Waals surface area contributed by atoms with Crippen LogP contribution in [0.3, 0.4) is 0 Å². The molecule has 0 heterocycles. The lowest BCUT2D eigenvalue weighted by atomic mass is 10.1. The highest BCUT2D eigenvalue weighted by molar-refractivity contribution is 6.16. The van der Waals surface area contributed by atoms with E-state index in [4.69, 9.17) is 22.9 Å². The van der Waals surface area contributed by atoms with Crippen LogP contribution in [0.15, 0.2) is 93.2 Å². The monoisotopic (exact) mass is 348 g/mol. The molecule has 0 fully saturated rings. The van der Waals surface area contributed by atoms with Crippen LogP contribution in [-0.4, -0.2) is 23.3 Å². The Balaban J connectivity index is 2.44. The Morgan fingerprint density at radius 3 is 1.19 bits per heavy atom. The van der Waals surface area contributed by atoms with Crippen LogP contribution < -0.4 is 22.9 Å². The Labute approximate surface area is 151 Å². The number of nitrogens with zero attached hydrogens (tertiary/aromatic N) is 4. The molecule has 0 aliphatic carbocycles. The standard InChI is InChI=1S/C18H20N8/c19-17(20)25-23-15(13-7-3-1-4-8-13)11-12-16(24-26-18(21)22)14-9-5-2-6-10-14/h1-12H,(H4,19,20,25)(H4,21,22,26)/b12-11+,23-15-,24-16-. The van der Waals surface area contributed by atoms with Crippen LogP contribution in [0.1, 0.15) is 11.1 Å². The fraction of sp³-hybridized carbons (Fsp3) is 0. The van der Waals surface area contributed by atoms with Gasteiger partial charge in [-0.25, -0.2) is 0 Å². The lowest BCUT2D eigenvalue weighted by molar-refractivity contribution is 1.20. The topological polar surface area (TPSA) is 154 Å². The Hall–Kier alpha value is -3.94. The third-order valence-corrected chi connectivity index (χ3v) is 3.08. The zero-order valence-corrected chi connectivity index (χ0v) is 14.0. The molecule has 8 heteroatoms. The summed E-state index contributed by atoms with van der Waals surface area (Å²) in [6.07, 6.45) is 3.46. The fourth-order valence-corrected chi connectivity index (χ4v) is 1.97. The van der Waals surface area contributed by atoms with Gasteiger partial charge in [-0.2, -0.15) is 0 Å². The molecule has 0 radical (unpaired) electrons. The first kappa shape index (κ1) is 18.4. The van der Waals surface area contributed by atoms with Gasteiger partial charge in [0, 0.05) is 11.1 Å². The summed E-state index contributed by atoms with van der Waals surface area (Å²) in [5.41, 5.74) is 24.3. The highest BCUT2D eigenvalue weighted by Crippen LogP contribution is 2.07. The first-order chi connectivity index (χ1) is 12.6. The first-order valence-corrected chi connectivity index (χ1v) is 7.68. The van der Waals surface area contributed by atoms with Gasteiger partial charge in [-0.15, -0.1) is 20.4 Å². The van der Waals surface area contributed by atoms with Gasteiger partial charge >= 0.3 is 0 Å². The molecule has 0 saturated heterocycles. The van der Waals surface area contributed by atoms with Crippen LogP contribution in [0.25, 0.3) is 0 Å². The van der Waals surface area contributed by atoms with Crippen LogP contribution in [-0.2, 0) is 0 Å². The van der Waals surface area contributed by atoms with Crippen molar-refractivity contribution in [2.45, 2.75) is 0 Å². The van der Waals surface area contributed by atoms with Crippen molar-refractivity contribution in [3.05, 3.63) is 83.9 Å².